The van der Waals surface area contributed by atoms with E-state index in [4.69, 9.17) is 18.6 Å². The van der Waals surface area contributed by atoms with Crippen molar-refractivity contribution in [1.29, 1.82) is 0 Å². The Morgan fingerprint density at radius 3 is 2.32 bits per heavy atom. The second-order valence-electron chi connectivity index (χ2n) is 10.6. The summed E-state index contributed by atoms with van der Waals surface area (Å²) in [6, 6.07) is 11.5. The van der Waals surface area contributed by atoms with E-state index < -0.39 is 24.7 Å². The SMILES string of the molecule is Cc1cc(OCc2c(-c3ccccc3OC(F)(F)F)noc2C2CC2)ccc1B1OC(C)(C)C(C)(C)O1. The van der Waals surface area contributed by atoms with Crippen molar-refractivity contribution in [2.75, 3.05) is 0 Å². The van der Waals surface area contributed by atoms with Crippen LogP contribution in [-0.4, -0.2) is 29.8 Å². The molecule has 1 aromatic heterocycles. The summed E-state index contributed by atoms with van der Waals surface area (Å²) in [5.74, 6) is 1.09. The van der Waals surface area contributed by atoms with Crippen molar-refractivity contribution >= 4 is 12.6 Å². The number of aromatic nitrogens is 1. The summed E-state index contributed by atoms with van der Waals surface area (Å²) >= 11 is 0. The standard InChI is InChI=1S/C27H29BF3NO5/c1-16-14-18(12-13-21(16)28-36-25(2,3)26(4,5)37-28)33-15-20-23(32-35-24(20)17-10-11-17)19-8-6-7-9-22(19)34-27(29,30)31/h6-9,12-14,17H,10-11,15H2,1-5H3. The van der Waals surface area contributed by atoms with Crippen LogP contribution in [0.1, 0.15) is 63.3 Å². The van der Waals surface area contributed by atoms with E-state index in [0.717, 1.165) is 23.9 Å². The molecule has 0 bridgehead atoms. The predicted molar refractivity (Wildman–Crippen MR) is 132 cm³/mol. The molecule has 3 aromatic rings. The number of benzene rings is 2. The third-order valence-corrected chi connectivity index (χ3v) is 7.27. The summed E-state index contributed by atoms with van der Waals surface area (Å²) in [6.45, 7) is 10.1. The molecule has 0 unspecified atom stereocenters. The molecule has 196 valence electrons. The second-order valence-corrected chi connectivity index (χ2v) is 10.6. The molecule has 5 rings (SSSR count). The fraction of sp³-hybridized carbons (Fsp3) is 0.444. The van der Waals surface area contributed by atoms with Crippen molar-refractivity contribution < 1.29 is 36.5 Å². The molecule has 2 aromatic carbocycles. The van der Waals surface area contributed by atoms with Gasteiger partial charge in [-0.2, -0.15) is 0 Å². The number of para-hydroxylation sites is 1. The highest BCUT2D eigenvalue weighted by molar-refractivity contribution is 6.62. The third kappa shape index (κ3) is 5.22. The Morgan fingerprint density at radius 2 is 1.70 bits per heavy atom. The predicted octanol–water partition coefficient (Wildman–Crippen LogP) is 6.30. The first-order valence-corrected chi connectivity index (χ1v) is 12.3. The van der Waals surface area contributed by atoms with Gasteiger partial charge in [0.25, 0.3) is 0 Å². The van der Waals surface area contributed by atoms with Gasteiger partial charge in [0.05, 0.1) is 16.8 Å². The van der Waals surface area contributed by atoms with Gasteiger partial charge in [-0.15, -0.1) is 13.2 Å². The molecule has 1 saturated heterocycles. The third-order valence-electron chi connectivity index (χ3n) is 7.27. The lowest BCUT2D eigenvalue weighted by molar-refractivity contribution is -0.274. The highest BCUT2D eigenvalue weighted by atomic mass is 19.4. The first-order chi connectivity index (χ1) is 17.3. The maximum Gasteiger partial charge on any atom is 0.573 e. The van der Waals surface area contributed by atoms with Crippen molar-refractivity contribution in [2.45, 2.75) is 77.5 Å². The van der Waals surface area contributed by atoms with Gasteiger partial charge >= 0.3 is 13.5 Å². The van der Waals surface area contributed by atoms with Crippen LogP contribution in [0.3, 0.4) is 0 Å². The molecule has 10 heteroatoms. The van der Waals surface area contributed by atoms with Crippen LogP contribution in [0.2, 0.25) is 0 Å². The van der Waals surface area contributed by atoms with Crippen molar-refractivity contribution in [2.24, 2.45) is 0 Å². The molecule has 2 aliphatic rings. The molecule has 0 N–H and O–H groups in total. The Labute approximate surface area is 214 Å². The summed E-state index contributed by atoms with van der Waals surface area (Å²) in [6.07, 6.45) is -2.96. The van der Waals surface area contributed by atoms with Crippen molar-refractivity contribution in [3.05, 3.63) is 59.4 Å². The average molecular weight is 515 g/mol. The smallest absolute Gasteiger partial charge is 0.489 e. The number of aryl methyl sites for hydroxylation is 1. The maximum atomic E-state index is 13.0. The number of halogens is 3. The monoisotopic (exact) mass is 515 g/mol. The van der Waals surface area contributed by atoms with Crippen LogP contribution in [0.25, 0.3) is 11.3 Å². The van der Waals surface area contributed by atoms with Crippen molar-refractivity contribution in [3.8, 4) is 22.8 Å². The van der Waals surface area contributed by atoms with Crippen LogP contribution in [0.5, 0.6) is 11.5 Å². The first-order valence-electron chi connectivity index (χ1n) is 12.3. The first kappa shape index (κ1) is 25.7. The number of hydrogen-bond acceptors (Lipinski definition) is 6. The molecule has 1 aliphatic heterocycles. The Morgan fingerprint density at radius 1 is 1.03 bits per heavy atom. The molecule has 2 fully saturated rings. The van der Waals surface area contributed by atoms with Gasteiger partial charge in [-0.05, 0) is 82.8 Å². The molecule has 2 heterocycles. The highest BCUT2D eigenvalue weighted by Crippen LogP contribution is 2.45. The van der Waals surface area contributed by atoms with E-state index in [1.165, 1.54) is 18.2 Å². The van der Waals surface area contributed by atoms with Gasteiger partial charge < -0.3 is 23.3 Å². The number of nitrogens with zero attached hydrogens (tertiary/aromatic N) is 1. The minimum atomic E-state index is -4.83. The van der Waals surface area contributed by atoms with Gasteiger partial charge in [0.1, 0.15) is 29.6 Å². The summed E-state index contributed by atoms with van der Waals surface area (Å²) in [5, 5.41) is 4.13. The van der Waals surface area contributed by atoms with E-state index in [1.807, 2.05) is 52.8 Å². The summed E-state index contributed by atoms with van der Waals surface area (Å²) in [5.41, 5.74) is 2.05. The van der Waals surface area contributed by atoms with Crippen molar-refractivity contribution in [3.63, 3.8) is 0 Å². The number of ether oxygens (including phenoxy) is 2. The van der Waals surface area contributed by atoms with E-state index in [-0.39, 0.29) is 29.5 Å². The highest BCUT2D eigenvalue weighted by Gasteiger charge is 2.52. The Balaban J connectivity index is 1.39. The topological polar surface area (TPSA) is 63.0 Å². The van der Waals surface area contributed by atoms with E-state index in [1.54, 1.807) is 6.07 Å². The Bertz CT molecular complexity index is 1280. The van der Waals surface area contributed by atoms with Crippen LogP contribution in [0.4, 0.5) is 13.2 Å². The van der Waals surface area contributed by atoms with E-state index >= 15 is 0 Å². The molecule has 6 nitrogen and oxygen atoms in total. The summed E-state index contributed by atoms with van der Waals surface area (Å²) in [7, 11) is -0.490. The Kier molecular flexibility index (Phi) is 6.31. The fourth-order valence-electron chi connectivity index (χ4n) is 4.34. The molecule has 37 heavy (non-hydrogen) atoms. The van der Waals surface area contributed by atoms with Gasteiger partial charge in [0.15, 0.2) is 0 Å². The van der Waals surface area contributed by atoms with Gasteiger partial charge in [0, 0.05) is 11.5 Å². The second kappa shape index (κ2) is 9.10. The lowest BCUT2D eigenvalue weighted by Crippen LogP contribution is -2.41. The van der Waals surface area contributed by atoms with E-state index in [9.17, 15) is 13.2 Å². The van der Waals surface area contributed by atoms with Crippen LogP contribution in [0, 0.1) is 6.92 Å². The lowest BCUT2D eigenvalue weighted by Gasteiger charge is -2.32. The number of rotatable bonds is 7. The minimum absolute atomic E-state index is 0.0836. The molecular weight excluding hydrogens is 486 g/mol. The van der Waals surface area contributed by atoms with Gasteiger partial charge in [-0.25, -0.2) is 0 Å². The molecule has 0 radical (unpaired) electrons. The van der Waals surface area contributed by atoms with E-state index in [2.05, 4.69) is 9.89 Å². The number of hydrogen-bond donors (Lipinski definition) is 0. The maximum absolute atomic E-state index is 13.0. The quantitative estimate of drug-likeness (QED) is 0.344. The number of alkyl halides is 3. The zero-order valence-electron chi connectivity index (χ0n) is 21.4. The minimum Gasteiger partial charge on any atom is -0.489 e. The van der Waals surface area contributed by atoms with Crippen LogP contribution in [0.15, 0.2) is 47.0 Å². The largest absolute Gasteiger partial charge is 0.573 e. The van der Waals surface area contributed by atoms with Gasteiger partial charge in [-0.1, -0.05) is 23.4 Å². The summed E-state index contributed by atoms with van der Waals surface area (Å²) < 4.78 is 67.3. The molecular formula is C27H29BF3NO5. The molecule has 1 aliphatic carbocycles. The van der Waals surface area contributed by atoms with Gasteiger partial charge in [0.2, 0.25) is 0 Å². The average Bonchev–Trinajstić information content (AvgIpc) is 3.51. The van der Waals surface area contributed by atoms with Crippen LogP contribution in [-0.2, 0) is 15.9 Å². The molecule has 0 spiro atoms. The molecule has 0 amide bonds. The van der Waals surface area contributed by atoms with Crippen molar-refractivity contribution in [1.82, 2.24) is 5.16 Å². The molecule has 1 saturated carbocycles. The van der Waals surface area contributed by atoms with Crippen LogP contribution < -0.4 is 14.9 Å². The van der Waals surface area contributed by atoms with E-state index in [0.29, 0.717) is 17.1 Å². The zero-order valence-corrected chi connectivity index (χ0v) is 21.4. The van der Waals surface area contributed by atoms with Crippen LogP contribution >= 0.6 is 0 Å². The van der Waals surface area contributed by atoms with Gasteiger partial charge in [-0.3, -0.25) is 0 Å². The Hall–Kier alpha value is -2.98. The normalized spacial score (nSPS) is 18.8. The zero-order chi connectivity index (χ0) is 26.6. The summed E-state index contributed by atoms with van der Waals surface area (Å²) in [4.78, 5) is 0. The fourth-order valence-corrected chi connectivity index (χ4v) is 4.34. The molecule has 0 atom stereocenters. The lowest BCUT2D eigenvalue weighted by atomic mass is 9.76.